The number of aromatic nitrogens is 2. The van der Waals surface area contributed by atoms with Gasteiger partial charge < -0.3 is 4.74 Å². The lowest BCUT2D eigenvalue weighted by Gasteiger charge is -2.19. The van der Waals surface area contributed by atoms with Crippen LogP contribution >= 0.6 is 0 Å². The molecule has 0 saturated heterocycles. The van der Waals surface area contributed by atoms with Crippen molar-refractivity contribution < 1.29 is 9.53 Å². The minimum absolute atomic E-state index is 0.394. The fourth-order valence-corrected chi connectivity index (χ4v) is 1.51. The minimum Gasteiger partial charge on any atom is -0.443 e. The summed E-state index contributed by atoms with van der Waals surface area (Å²) in [5, 5.41) is 0.394. The second kappa shape index (κ2) is 4.25. The zero-order valence-corrected chi connectivity index (χ0v) is 10.5. The Balaban J connectivity index is 2.50. The van der Waals surface area contributed by atoms with E-state index in [1.54, 1.807) is 45.0 Å². The molecule has 0 amide bonds. The largest absolute Gasteiger partial charge is 0.443 e. The topological polar surface area (TPSA) is 61.2 Å². The third-order valence-electron chi connectivity index (χ3n) is 2.26. The number of nitrogens with zero attached hydrogens (tertiary/aromatic N) is 2. The predicted molar refractivity (Wildman–Crippen MR) is 67.6 cm³/mol. The van der Waals surface area contributed by atoms with Gasteiger partial charge in [-0.25, -0.2) is 14.3 Å². The van der Waals surface area contributed by atoms with Crippen LogP contribution in [0.4, 0.5) is 4.79 Å². The summed E-state index contributed by atoms with van der Waals surface area (Å²) in [5.74, 6) is 0. The molecule has 5 nitrogen and oxygen atoms in total. The molecule has 0 fully saturated rings. The lowest BCUT2D eigenvalue weighted by molar-refractivity contribution is 0.0530. The summed E-state index contributed by atoms with van der Waals surface area (Å²) in [6, 6.07) is 6.86. The van der Waals surface area contributed by atoms with Crippen molar-refractivity contribution in [2.45, 2.75) is 26.4 Å². The highest BCUT2D eigenvalue weighted by molar-refractivity contribution is 5.80. The van der Waals surface area contributed by atoms with Gasteiger partial charge in [0.2, 0.25) is 0 Å². The Labute approximate surface area is 104 Å². The van der Waals surface area contributed by atoms with Gasteiger partial charge in [0.05, 0.1) is 10.9 Å². The quantitative estimate of drug-likeness (QED) is 0.714. The summed E-state index contributed by atoms with van der Waals surface area (Å²) >= 11 is 0. The van der Waals surface area contributed by atoms with Gasteiger partial charge in [-0.3, -0.25) is 4.79 Å². The molecule has 5 heteroatoms. The summed E-state index contributed by atoms with van der Waals surface area (Å²) in [5.41, 5.74) is -0.514. The molecule has 1 aromatic heterocycles. The molecule has 0 aliphatic heterocycles. The lowest BCUT2D eigenvalue weighted by atomic mass is 10.2. The van der Waals surface area contributed by atoms with E-state index in [-0.39, 0.29) is 0 Å². The fraction of sp³-hybridized carbons (Fsp3) is 0.308. The first kappa shape index (κ1) is 12.3. The van der Waals surface area contributed by atoms with Crippen LogP contribution in [0.15, 0.2) is 35.4 Å². The Morgan fingerprint density at radius 2 is 1.94 bits per heavy atom. The van der Waals surface area contributed by atoms with E-state index in [1.807, 2.05) is 0 Å². The van der Waals surface area contributed by atoms with E-state index in [2.05, 4.69) is 4.98 Å². The van der Waals surface area contributed by atoms with Crippen molar-refractivity contribution in [1.29, 1.82) is 0 Å². The van der Waals surface area contributed by atoms with Crippen LogP contribution in [-0.4, -0.2) is 21.2 Å². The maximum Gasteiger partial charge on any atom is 0.422 e. The molecule has 0 radical (unpaired) electrons. The van der Waals surface area contributed by atoms with E-state index in [0.717, 1.165) is 4.57 Å². The summed E-state index contributed by atoms with van der Waals surface area (Å²) in [7, 11) is 0. The molecule has 0 atom stereocenters. The number of benzene rings is 1. The normalized spacial score (nSPS) is 11.5. The highest BCUT2D eigenvalue weighted by Crippen LogP contribution is 2.09. The van der Waals surface area contributed by atoms with Crippen molar-refractivity contribution in [2.75, 3.05) is 0 Å². The van der Waals surface area contributed by atoms with E-state index >= 15 is 0 Å². The van der Waals surface area contributed by atoms with Crippen LogP contribution < -0.4 is 5.56 Å². The van der Waals surface area contributed by atoms with Crippen LogP contribution in [-0.2, 0) is 4.74 Å². The van der Waals surface area contributed by atoms with Crippen LogP contribution in [0.2, 0.25) is 0 Å². The van der Waals surface area contributed by atoms with Gasteiger partial charge in [-0.1, -0.05) is 12.1 Å². The van der Waals surface area contributed by atoms with E-state index in [9.17, 15) is 9.59 Å². The number of carbonyl (C=O) groups is 1. The summed E-state index contributed by atoms with van der Waals surface area (Å²) in [6.45, 7) is 5.22. The zero-order chi connectivity index (χ0) is 13.3. The van der Waals surface area contributed by atoms with Crippen LogP contribution in [0.25, 0.3) is 10.9 Å². The Hall–Kier alpha value is -2.17. The molecular formula is C13H14N2O3. The minimum atomic E-state index is -0.717. The van der Waals surface area contributed by atoms with E-state index in [4.69, 9.17) is 4.74 Å². The Morgan fingerprint density at radius 3 is 2.61 bits per heavy atom. The van der Waals surface area contributed by atoms with E-state index < -0.39 is 17.3 Å². The smallest absolute Gasteiger partial charge is 0.422 e. The first-order chi connectivity index (χ1) is 8.38. The van der Waals surface area contributed by atoms with Gasteiger partial charge >= 0.3 is 6.09 Å². The van der Waals surface area contributed by atoms with Gasteiger partial charge in [0.15, 0.2) is 0 Å². The molecular weight excluding hydrogens is 232 g/mol. The van der Waals surface area contributed by atoms with Crippen LogP contribution in [0.1, 0.15) is 20.8 Å². The molecule has 0 bridgehead atoms. The maximum atomic E-state index is 12.1. The Morgan fingerprint density at radius 1 is 1.28 bits per heavy atom. The van der Waals surface area contributed by atoms with E-state index in [1.165, 1.54) is 6.33 Å². The van der Waals surface area contributed by atoms with Crippen molar-refractivity contribution in [3.63, 3.8) is 0 Å². The van der Waals surface area contributed by atoms with Crippen LogP contribution in [0, 0.1) is 0 Å². The summed E-state index contributed by atoms with van der Waals surface area (Å²) in [6.07, 6.45) is 0.476. The number of carbonyl (C=O) groups excluding carboxylic acids is 1. The number of hydrogen-bond donors (Lipinski definition) is 0. The average molecular weight is 246 g/mol. The Kier molecular flexibility index (Phi) is 2.90. The molecule has 0 spiro atoms. The SMILES string of the molecule is CC(C)(C)OC(=O)n1cnc2ccccc2c1=O. The number of hydrogen-bond acceptors (Lipinski definition) is 4. The van der Waals surface area contributed by atoms with Crippen molar-refractivity contribution in [2.24, 2.45) is 0 Å². The summed E-state index contributed by atoms with van der Waals surface area (Å²) < 4.78 is 6.02. The molecule has 18 heavy (non-hydrogen) atoms. The molecule has 0 N–H and O–H groups in total. The van der Waals surface area contributed by atoms with Gasteiger partial charge in [0, 0.05) is 0 Å². The van der Waals surface area contributed by atoms with Gasteiger partial charge in [-0.15, -0.1) is 0 Å². The number of ether oxygens (including phenoxy) is 1. The van der Waals surface area contributed by atoms with Crippen molar-refractivity contribution in [3.05, 3.63) is 40.9 Å². The standard InChI is InChI=1S/C13H14N2O3/c1-13(2,3)18-12(17)15-8-14-10-7-5-4-6-9(10)11(15)16/h4-8H,1-3H3. The lowest BCUT2D eigenvalue weighted by Crippen LogP contribution is -2.33. The van der Waals surface area contributed by atoms with Crippen molar-refractivity contribution in [1.82, 2.24) is 9.55 Å². The van der Waals surface area contributed by atoms with Gasteiger partial charge in [0.25, 0.3) is 5.56 Å². The van der Waals surface area contributed by atoms with Gasteiger partial charge in [0.1, 0.15) is 11.9 Å². The second-order valence-electron chi connectivity index (χ2n) is 4.92. The molecule has 94 valence electrons. The predicted octanol–water partition coefficient (Wildman–Crippen LogP) is 2.18. The average Bonchev–Trinajstić information content (AvgIpc) is 2.27. The molecule has 0 unspecified atom stereocenters. The monoisotopic (exact) mass is 246 g/mol. The van der Waals surface area contributed by atoms with Crippen LogP contribution in [0.5, 0.6) is 0 Å². The highest BCUT2D eigenvalue weighted by atomic mass is 16.6. The molecule has 2 rings (SSSR count). The van der Waals surface area contributed by atoms with Gasteiger partial charge in [-0.05, 0) is 32.9 Å². The number of rotatable bonds is 0. The second-order valence-corrected chi connectivity index (χ2v) is 4.92. The van der Waals surface area contributed by atoms with Crippen molar-refractivity contribution in [3.8, 4) is 0 Å². The molecule has 0 saturated carbocycles. The van der Waals surface area contributed by atoms with Crippen LogP contribution in [0.3, 0.4) is 0 Å². The van der Waals surface area contributed by atoms with E-state index in [0.29, 0.717) is 10.9 Å². The van der Waals surface area contributed by atoms with Crippen molar-refractivity contribution >= 4 is 17.0 Å². The number of para-hydroxylation sites is 1. The summed E-state index contributed by atoms with van der Waals surface area (Å²) in [4.78, 5) is 28.0. The highest BCUT2D eigenvalue weighted by Gasteiger charge is 2.19. The van der Waals surface area contributed by atoms with Gasteiger partial charge in [-0.2, -0.15) is 0 Å². The Bertz CT molecular complexity index is 653. The molecule has 1 heterocycles. The third kappa shape index (κ3) is 2.40. The maximum absolute atomic E-state index is 12.1. The molecule has 2 aromatic rings. The fourth-order valence-electron chi connectivity index (χ4n) is 1.51. The first-order valence-electron chi connectivity index (χ1n) is 5.58. The first-order valence-corrected chi connectivity index (χ1v) is 5.58. The molecule has 0 aliphatic carbocycles. The molecule has 0 aliphatic rings. The zero-order valence-electron chi connectivity index (χ0n) is 10.5. The third-order valence-corrected chi connectivity index (χ3v) is 2.26. The number of fused-ring (bicyclic) bond motifs is 1. The molecule has 1 aromatic carbocycles.